The number of hydrogen-bond donors (Lipinski definition) is 3. The molecule has 1 heterocycles. The number of anilines is 4. The first-order valence-electron chi connectivity index (χ1n) is 8.46. The molecule has 3 aromatic rings. The van der Waals surface area contributed by atoms with Gasteiger partial charge in [0.1, 0.15) is 5.69 Å². The van der Waals surface area contributed by atoms with E-state index in [0.717, 1.165) is 11.3 Å². The van der Waals surface area contributed by atoms with Gasteiger partial charge >= 0.3 is 0 Å². The highest BCUT2D eigenvalue weighted by Gasteiger charge is 2.10. The van der Waals surface area contributed by atoms with Gasteiger partial charge in [-0.05, 0) is 61.0 Å². The molecule has 0 radical (unpaired) electrons. The number of aromatic nitrogens is 2. The van der Waals surface area contributed by atoms with Crippen LogP contribution in [0.1, 0.15) is 23.0 Å². The van der Waals surface area contributed by atoms with Crippen molar-refractivity contribution in [3.05, 3.63) is 71.0 Å². The summed E-state index contributed by atoms with van der Waals surface area (Å²) < 4.78 is 0. The minimum atomic E-state index is -0.370. The molecule has 0 fully saturated rings. The third-order valence-electron chi connectivity index (χ3n) is 3.79. The molecule has 7 nitrogen and oxygen atoms in total. The Morgan fingerprint density at radius 1 is 0.964 bits per heavy atom. The molecule has 0 saturated heterocycles. The van der Waals surface area contributed by atoms with Crippen LogP contribution < -0.4 is 16.0 Å². The van der Waals surface area contributed by atoms with Gasteiger partial charge in [-0.2, -0.15) is 0 Å². The number of nitrogens with one attached hydrogen (secondary N) is 3. The Hall–Kier alpha value is -3.45. The summed E-state index contributed by atoms with van der Waals surface area (Å²) >= 11 is 5.97. The summed E-state index contributed by atoms with van der Waals surface area (Å²) in [5.41, 5.74) is 3.19. The van der Waals surface area contributed by atoms with Gasteiger partial charge in [-0.1, -0.05) is 11.6 Å². The van der Waals surface area contributed by atoms with E-state index >= 15 is 0 Å². The number of benzene rings is 2. The fourth-order valence-electron chi connectivity index (χ4n) is 2.47. The van der Waals surface area contributed by atoms with Crippen LogP contribution in [0.5, 0.6) is 0 Å². The van der Waals surface area contributed by atoms with Crippen molar-refractivity contribution in [2.45, 2.75) is 13.8 Å². The van der Waals surface area contributed by atoms with Crippen LogP contribution in [0.15, 0.2) is 54.7 Å². The molecule has 28 heavy (non-hydrogen) atoms. The summed E-state index contributed by atoms with van der Waals surface area (Å²) in [6.07, 6.45) is 1.51. The van der Waals surface area contributed by atoms with E-state index in [4.69, 9.17) is 11.6 Å². The second-order valence-corrected chi connectivity index (χ2v) is 6.50. The van der Waals surface area contributed by atoms with Crippen molar-refractivity contribution in [2.24, 2.45) is 0 Å². The molecule has 2 aromatic carbocycles. The molecule has 0 bridgehead atoms. The van der Waals surface area contributed by atoms with E-state index in [1.165, 1.54) is 19.2 Å². The van der Waals surface area contributed by atoms with Crippen LogP contribution in [0, 0.1) is 6.92 Å². The lowest BCUT2D eigenvalue weighted by atomic mass is 10.2. The van der Waals surface area contributed by atoms with E-state index in [9.17, 15) is 9.59 Å². The van der Waals surface area contributed by atoms with Gasteiger partial charge in [-0.15, -0.1) is 0 Å². The topological polar surface area (TPSA) is 96.0 Å². The Morgan fingerprint density at radius 3 is 2.29 bits per heavy atom. The molecule has 0 aliphatic carbocycles. The van der Waals surface area contributed by atoms with E-state index in [-0.39, 0.29) is 17.5 Å². The van der Waals surface area contributed by atoms with Crippen molar-refractivity contribution in [3.63, 3.8) is 0 Å². The largest absolute Gasteiger partial charge is 0.326 e. The molecule has 8 heteroatoms. The maximum Gasteiger partial charge on any atom is 0.274 e. The van der Waals surface area contributed by atoms with Crippen molar-refractivity contribution in [2.75, 3.05) is 16.0 Å². The van der Waals surface area contributed by atoms with Crippen LogP contribution >= 0.6 is 11.6 Å². The molecule has 0 aliphatic rings. The van der Waals surface area contributed by atoms with Gasteiger partial charge in [0.2, 0.25) is 11.9 Å². The second kappa shape index (κ2) is 8.49. The number of rotatable bonds is 5. The molecule has 3 rings (SSSR count). The molecular weight excluding hydrogens is 378 g/mol. The van der Waals surface area contributed by atoms with Crippen LogP contribution in [0.2, 0.25) is 5.02 Å². The van der Waals surface area contributed by atoms with Crippen LogP contribution in [0.25, 0.3) is 0 Å². The molecule has 1 aromatic heterocycles. The van der Waals surface area contributed by atoms with Crippen molar-refractivity contribution >= 4 is 46.4 Å². The summed E-state index contributed by atoms with van der Waals surface area (Å²) in [6, 6.07) is 13.7. The number of carbonyl (C=O) groups excluding carboxylic acids is 2. The number of amides is 2. The third kappa shape index (κ3) is 5.05. The van der Waals surface area contributed by atoms with Crippen molar-refractivity contribution in [3.8, 4) is 0 Å². The van der Waals surface area contributed by atoms with Gasteiger partial charge in [0, 0.05) is 35.2 Å². The average molecular weight is 396 g/mol. The Balaban J connectivity index is 1.70. The Kier molecular flexibility index (Phi) is 5.86. The Morgan fingerprint density at radius 2 is 1.64 bits per heavy atom. The lowest BCUT2D eigenvalue weighted by Gasteiger charge is -2.10. The van der Waals surface area contributed by atoms with Crippen LogP contribution in [-0.4, -0.2) is 21.8 Å². The normalized spacial score (nSPS) is 10.2. The highest BCUT2D eigenvalue weighted by molar-refractivity contribution is 6.30. The SMILES string of the molecule is CC(=O)Nc1ccc(NC(=O)c2ccnc(Nc3ccc(Cl)cc3C)n2)cc1. The average Bonchev–Trinajstić information content (AvgIpc) is 2.65. The van der Waals surface area contributed by atoms with E-state index in [1.54, 1.807) is 30.3 Å². The first kappa shape index (κ1) is 19.3. The maximum absolute atomic E-state index is 12.5. The zero-order valence-electron chi connectivity index (χ0n) is 15.3. The van der Waals surface area contributed by atoms with E-state index in [1.807, 2.05) is 19.1 Å². The molecule has 0 aliphatic heterocycles. The summed E-state index contributed by atoms with van der Waals surface area (Å²) in [5, 5.41) is 9.15. The Labute approximate surface area is 167 Å². The quantitative estimate of drug-likeness (QED) is 0.595. The minimum absolute atomic E-state index is 0.159. The lowest BCUT2D eigenvalue weighted by molar-refractivity contribution is -0.114. The number of halogens is 1. The van der Waals surface area contributed by atoms with Crippen molar-refractivity contribution in [1.82, 2.24) is 9.97 Å². The zero-order valence-corrected chi connectivity index (χ0v) is 16.0. The fraction of sp³-hybridized carbons (Fsp3) is 0.100. The third-order valence-corrected chi connectivity index (χ3v) is 4.02. The van der Waals surface area contributed by atoms with Crippen molar-refractivity contribution < 1.29 is 9.59 Å². The highest BCUT2D eigenvalue weighted by Crippen LogP contribution is 2.22. The summed E-state index contributed by atoms with van der Waals surface area (Å²) in [5.74, 6) is -0.224. The summed E-state index contributed by atoms with van der Waals surface area (Å²) in [4.78, 5) is 31.9. The molecule has 142 valence electrons. The number of nitrogens with zero attached hydrogens (tertiary/aromatic N) is 2. The molecule has 0 atom stereocenters. The summed E-state index contributed by atoms with van der Waals surface area (Å²) in [7, 11) is 0. The van der Waals surface area contributed by atoms with Gasteiger partial charge in [0.05, 0.1) is 0 Å². The second-order valence-electron chi connectivity index (χ2n) is 6.06. The zero-order chi connectivity index (χ0) is 20.1. The van der Waals surface area contributed by atoms with Crippen LogP contribution in [0.3, 0.4) is 0 Å². The van der Waals surface area contributed by atoms with Gasteiger partial charge in [-0.3, -0.25) is 9.59 Å². The van der Waals surface area contributed by atoms with E-state index in [2.05, 4.69) is 25.9 Å². The van der Waals surface area contributed by atoms with Crippen molar-refractivity contribution in [1.29, 1.82) is 0 Å². The molecule has 3 N–H and O–H groups in total. The summed E-state index contributed by atoms with van der Waals surface area (Å²) in [6.45, 7) is 3.34. The highest BCUT2D eigenvalue weighted by atomic mass is 35.5. The standard InChI is InChI=1S/C20H18ClN5O2/c1-12-11-14(21)3-8-17(12)25-20-22-10-9-18(26-20)19(28)24-16-6-4-15(5-7-16)23-13(2)27/h3-11H,1-2H3,(H,23,27)(H,24,28)(H,22,25,26). The van der Waals surface area contributed by atoms with E-state index < -0.39 is 0 Å². The first-order chi connectivity index (χ1) is 13.4. The minimum Gasteiger partial charge on any atom is -0.326 e. The molecule has 0 spiro atoms. The lowest BCUT2D eigenvalue weighted by Crippen LogP contribution is -2.15. The molecule has 2 amide bonds. The van der Waals surface area contributed by atoms with Crippen LogP contribution in [0.4, 0.5) is 23.0 Å². The fourth-order valence-corrected chi connectivity index (χ4v) is 2.70. The van der Waals surface area contributed by atoms with E-state index in [0.29, 0.717) is 22.3 Å². The molecular formula is C20H18ClN5O2. The van der Waals surface area contributed by atoms with Gasteiger partial charge in [0.25, 0.3) is 5.91 Å². The predicted molar refractivity (Wildman–Crippen MR) is 110 cm³/mol. The predicted octanol–water partition coefficient (Wildman–Crippen LogP) is 4.39. The first-order valence-corrected chi connectivity index (χ1v) is 8.84. The molecule has 0 saturated carbocycles. The van der Waals surface area contributed by atoms with Gasteiger partial charge in [0.15, 0.2) is 0 Å². The van der Waals surface area contributed by atoms with Crippen LogP contribution in [-0.2, 0) is 4.79 Å². The van der Waals surface area contributed by atoms with Gasteiger partial charge in [-0.25, -0.2) is 9.97 Å². The monoisotopic (exact) mass is 395 g/mol. The van der Waals surface area contributed by atoms with Gasteiger partial charge < -0.3 is 16.0 Å². The molecule has 0 unspecified atom stereocenters. The number of aryl methyl sites for hydroxylation is 1. The number of hydrogen-bond acceptors (Lipinski definition) is 5. The number of carbonyl (C=O) groups is 2. The Bertz CT molecular complexity index is 1020. The smallest absolute Gasteiger partial charge is 0.274 e. The maximum atomic E-state index is 12.5.